The molecule has 76 valence electrons. The minimum Gasteiger partial charge on any atom is -0.463 e. The van der Waals surface area contributed by atoms with Crippen LogP contribution in [0.4, 0.5) is 0 Å². The van der Waals surface area contributed by atoms with E-state index in [1.807, 2.05) is 6.92 Å². The van der Waals surface area contributed by atoms with Crippen LogP contribution in [0, 0.1) is 0 Å². The van der Waals surface area contributed by atoms with Crippen molar-refractivity contribution in [3.05, 3.63) is 0 Å². The molecular weight excluding hydrogens is 172 g/mol. The van der Waals surface area contributed by atoms with Crippen molar-refractivity contribution < 1.29 is 19.1 Å². The highest BCUT2D eigenvalue weighted by Crippen LogP contribution is 1.97. The Morgan fingerprint density at radius 3 is 2.46 bits per heavy atom. The maximum absolute atomic E-state index is 11.1. The summed E-state index contributed by atoms with van der Waals surface area (Å²) < 4.78 is 9.46. The summed E-state index contributed by atoms with van der Waals surface area (Å²) in [5.41, 5.74) is 0. The molecule has 0 heterocycles. The van der Waals surface area contributed by atoms with Gasteiger partial charge >= 0.3 is 11.9 Å². The predicted molar refractivity (Wildman–Crippen MR) is 47.1 cm³/mol. The summed E-state index contributed by atoms with van der Waals surface area (Å²) in [7, 11) is 0. The van der Waals surface area contributed by atoms with Crippen LogP contribution in [0.3, 0.4) is 0 Å². The lowest BCUT2D eigenvalue weighted by Gasteiger charge is -2.10. The molecule has 0 bridgehead atoms. The van der Waals surface area contributed by atoms with Gasteiger partial charge in [0.2, 0.25) is 0 Å². The van der Waals surface area contributed by atoms with Crippen LogP contribution in [-0.4, -0.2) is 24.6 Å². The van der Waals surface area contributed by atoms with Crippen molar-refractivity contribution in [3.63, 3.8) is 0 Å². The molecule has 4 nitrogen and oxygen atoms in total. The van der Waals surface area contributed by atoms with Gasteiger partial charge in [0.1, 0.15) is 0 Å². The number of unbranched alkanes of at least 4 members (excludes halogenated alkanes) is 1. The number of carbonyl (C=O) groups excluding carboxylic acids is 2. The molecule has 0 aliphatic rings. The number of hydrogen-bond acceptors (Lipinski definition) is 4. The summed E-state index contributed by atoms with van der Waals surface area (Å²) >= 11 is 0. The molecule has 0 rings (SSSR count). The van der Waals surface area contributed by atoms with Gasteiger partial charge in [0, 0.05) is 6.92 Å². The molecule has 0 aliphatic carbocycles. The summed E-state index contributed by atoms with van der Waals surface area (Å²) in [5, 5.41) is 0. The summed E-state index contributed by atoms with van der Waals surface area (Å²) in [6.45, 7) is 5.15. The first-order chi connectivity index (χ1) is 6.07. The van der Waals surface area contributed by atoms with E-state index in [-0.39, 0.29) is 0 Å². The summed E-state index contributed by atoms with van der Waals surface area (Å²) in [6.07, 6.45) is 1.00. The molecule has 0 fully saturated rings. The Kier molecular flexibility index (Phi) is 5.93. The SMILES string of the molecule is CCCCOC(=O)[C@H](C)OC(C)=O. The molecule has 0 saturated heterocycles. The van der Waals surface area contributed by atoms with Gasteiger partial charge in [-0.15, -0.1) is 0 Å². The Labute approximate surface area is 78.2 Å². The Hall–Kier alpha value is -1.06. The lowest BCUT2D eigenvalue weighted by molar-refractivity contribution is -0.165. The van der Waals surface area contributed by atoms with E-state index in [9.17, 15) is 9.59 Å². The van der Waals surface area contributed by atoms with Crippen molar-refractivity contribution in [2.75, 3.05) is 6.61 Å². The van der Waals surface area contributed by atoms with E-state index in [1.165, 1.54) is 13.8 Å². The zero-order valence-electron chi connectivity index (χ0n) is 8.33. The smallest absolute Gasteiger partial charge is 0.347 e. The van der Waals surface area contributed by atoms with Crippen molar-refractivity contribution in [3.8, 4) is 0 Å². The minimum absolute atomic E-state index is 0.390. The Morgan fingerprint density at radius 2 is 2.00 bits per heavy atom. The zero-order chi connectivity index (χ0) is 10.3. The molecule has 0 aliphatic heterocycles. The molecule has 0 aromatic heterocycles. The summed E-state index contributed by atoms with van der Waals surface area (Å²) in [6, 6.07) is 0. The Balaban J connectivity index is 3.63. The fourth-order valence-electron chi connectivity index (χ4n) is 0.732. The maximum Gasteiger partial charge on any atom is 0.347 e. The lowest BCUT2D eigenvalue weighted by atomic mass is 10.3. The molecular formula is C9H16O4. The zero-order valence-corrected chi connectivity index (χ0v) is 8.33. The molecule has 0 aromatic carbocycles. The molecule has 0 N–H and O–H groups in total. The minimum atomic E-state index is -0.797. The van der Waals surface area contributed by atoms with Crippen LogP contribution in [0.15, 0.2) is 0 Å². The van der Waals surface area contributed by atoms with Gasteiger partial charge in [0.15, 0.2) is 6.10 Å². The average molecular weight is 188 g/mol. The van der Waals surface area contributed by atoms with Crippen LogP contribution in [0.25, 0.3) is 0 Å². The quantitative estimate of drug-likeness (QED) is 0.481. The summed E-state index contributed by atoms with van der Waals surface area (Å²) in [5.74, 6) is -0.955. The molecule has 0 spiro atoms. The number of rotatable bonds is 5. The molecule has 0 aromatic rings. The van der Waals surface area contributed by atoms with Gasteiger partial charge < -0.3 is 9.47 Å². The highest BCUT2D eigenvalue weighted by atomic mass is 16.6. The molecule has 13 heavy (non-hydrogen) atoms. The van der Waals surface area contributed by atoms with Crippen molar-refractivity contribution in [1.29, 1.82) is 0 Å². The first-order valence-corrected chi connectivity index (χ1v) is 4.41. The van der Waals surface area contributed by atoms with Gasteiger partial charge in [-0.2, -0.15) is 0 Å². The topological polar surface area (TPSA) is 52.6 Å². The van der Waals surface area contributed by atoms with E-state index >= 15 is 0 Å². The fraction of sp³-hybridized carbons (Fsp3) is 0.778. The first kappa shape index (κ1) is 11.9. The normalized spacial score (nSPS) is 11.9. The maximum atomic E-state index is 11.1. The third-order valence-corrected chi connectivity index (χ3v) is 1.42. The standard InChI is InChI=1S/C9H16O4/c1-4-5-6-12-9(11)7(2)13-8(3)10/h7H,4-6H2,1-3H3/t7-/m0/s1. The van der Waals surface area contributed by atoms with Gasteiger partial charge in [-0.3, -0.25) is 4.79 Å². The Morgan fingerprint density at radius 1 is 1.38 bits per heavy atom. The highest BCUT2D eigenvalue weighted by molar-refractivity contribution is 5.78. The fourth-order valence-corrected chi connectivity index (χ4v) is 0.732. The second-order valence-electron chi connectivity index (χ2n) is 2.77. The van der Waals surface area contributed by atoms with Crippen LogP contribution in [0.1, 0.15) is 33.6 Å². The van der Waals surface area contributed by atoms with E-state index in [0.717, 1.165) is 12.8 Å². The Bertz CT molecular complexity index is 176. The average Bonchev–Trinajstić information content (AvgIpc) is 2.03. The third-order valence-electron chi connectivity index (χ3n) is 1.42. The third kappa shape index (κ3) is 6.13. The van der Waals surface area contributed by atoms with Crippen molar-refractivity contribution >= 4 is 11.9 Å². The number of carbonyl (C=O) groups is 2. The highest BCUT2D eigenvalue weighted by Gasteiger charge is 2.16. The molecule has 0 saturated carbocycles. The van der Waals surface area contributed by atoms with Crippen molar-refractivity contribution in [2.24, 2.45) is 0 Å². The molecule has 4 heteroatoms. The van der Waals surface area contributed by atoms with Gasteiger partial charge in [0.25, 0.3) is 0 Å². The monoisotopic (exact) mass is 188 g/mol. The van der Waals surface area contributed by atoms with E-state index in [4.69, 9.17) is 4.74 Å². The number of hydrogen-bond donors (Lipinski definition) is 0. The van der Waals surface area contributed by atoms with E-state index in [0.29, 0.717) is 6.61 Å². The predicted octanol–water partition coefficient (Wildman–Crippen LogP) is 1.28. The van der Waals surface area contributed by atoms with E-state index in [2.05, 4.69) is 4.74 Å². The van der Waals surface area contributed by atoms with Gasteiger partial charge in [0.05, 0.1) is 6.61 Å². The first-order valence-electron chi connectivity index (χ1n) is 4.41. The largest absolute Gasteiger partial charge is 0.463 e. The van der Waals surface area contributed by atoms with Crippen LogP contribution >= 0.6 is 0 Å². The van der Waals surface area contributed by atoms with Crippen molar-refractivity contribution in [2.45, 2.75) is 39.7 Å². The number of ether oxygens (including phenoxy) is 2. The lowest BCUT2D eigenvalue weighted by Crippen LogP contribution is -2.25. The molecule has 1 atom stereocenters. The molecule has 0 unspecified atom stereocenters. The van der Waals surface area contributed by atoms with Gasteiger partial charge in [-0.05, 0) is 13.3 Å². The summed E-state index contributed by atoms with van der Waals surface area (Å²) in [4.78, 5) is 21.5. The number of esters is 2. The van der Waals surface area contributed by atoms with Crippen LogP contribution in [0.5, 0.6) is 0 Å². The van der Waals surface area contributed by atoms with Crippen molar-refractivity contribution in [1.82, 2.24) is 0 Å². The van der Waals surface area contributed by atoms with Crippen LogP contribution < -0.4 is 0 Å². The van der Waals surface area contributed by atoms with Gasteiger partial charge in [-0.1, -0.05) is 13.3 Å². The van der Waals surface area contributed by atoms with Crippen LogP contribution in [-0.2, 0) is 19.1 Å². The second-order valence-corrected chi connectivity index (χ2v) is 2.77. The second kappa shape index (κ2) is 6.46. The molecule has 0 amide bonds. The molecule has 0 radical (unpaired) electrons. The van der Waals surface area contributed by atoms with E-state index < -0.39 is 18.0 Å². The van der Waals surface area contributed by atoms with Gasteiger partial charge in [-0.25, -0.2) is 4.79 Å². The van der Waals surface area contributed by atoms with E-state index in [1.54, 1.807) is 0 Å². The van der Waals surface area contributed by atoms with Crippen LogP contribution in [0.2, 0.25) is 0 Å².